The second-order valence-electron chi connectivity index (χ2n) is 11.5. The number of thiophene rings is 1. The molecule has 13 heteroatoms. The summed E-state index contributed by atoms with van der Waals surface area (Å²) in [7, 11) is -3.92. The number of nitrogens with zero attached hydrogens (tertiary/aromatic N) is 4. The summed E-state index contributed by atoms with van der Waals surface area (Å²) in [5.74, 6) is -0.284. The van der Waals surface area contributed by atoms with Crippen LogP contribution in [0.25, 0.3) is 10.1 Å². The molecule has 3 aliphatic heterocycles. The summed E-state index contributed by atoms with van der Waals surface area (Å²) < 4.78 is 29.8. The molecule has 3 aliphatic rings. The van der Waals surface area contributed by atoms with Gasteiger partial charge in [0.25, 0.3) is 10.0 Å². The molecule has 0 spiro atoms. The molecule has 3 fully saturated rings. The molecule has 41 heavy (non-hydrogen) atoms. The van der Waals surface area contributed by atoms with E-state index < -0.39 is 16.1 Å². The maximum atomic E-state index is 13.4. The monoisotopic (exact) mass is 623 g/mol. The van der Waals surface area contributed by atoms with Crippen LogP contribution in [0, 0.1) is 5.92 Å². The SMILES string of the molecule is CC(C)C(=O)N1CCN(CC2CCCN2C(=O)CN2CCCC(NS(=O)(=O)c3cc4cc(Cl)ccc4s3)C2=O)CC1. The molecule has 1 N–H and O–H groups in total. The summed E-state index contributed by atoms with van der Waals surface area (Å²) in [6.07, 6.45) is 2.82. The Morgan fingerprint density at radius 3 is 2.51 bits per heavy atom. The van der Waals surface area contributed by atoms with E-state index in [2.05, 4.69) is 9.62 Å². The van der Waals surface area contributed by atoms with E-state index in [1.165, 1.54) is 4.90 Å². The summed E-state index contributed by atoms with van der Waals surface area (Å²) in [4.78, 5) is 46.6. The van der Waals surface area contributed by atoms with Crippen LogP contribution in [0.15, 0.2) is 28.5 Å². The maximum absolute atomic E-state index is 13.4. The first kappa shape index (κ1) is 30.2. The predicted molar refractivity (Wildman–Crippen MR) is 159 cm³/mol. The minimum Gasteiger partial charge on any atom is -0.340 e. The lowest BCUT2D eigenvalue weighted by Crippen LogP contribution is -2.56. The van der Waals surface area contributed by atoms with E-state index in [1.807, 2.05) is 23.6 Å². The second kappa shape index (κ2) is 12.5. The highest BCUT2D eigenvalue weighted by Gasteiger charge is 2.37. The Bertz CT molecular complexity index is 1410. The Labute approximate surface area is 250 Å². The molecule has 0 bridgehead atoms. The molecular formula is C28H38ClN5O5S2. The highest BCUT2D eigenvalue weighted by atomic mass is 35.5. The summed E-state index contributed by atoms with van der Waals surface area (Å²) in [6, 6.07) is 5.94. The molecule has 4 heterocycles. The van der Waals surface area contributed by atoms with Crippen molar-refractivity contribution in [2.24, 2.45) is 5.92 Å². The highest BCUT2D eigenvalue weighted by molar-refractivity contribution is 7.91. The van der Waals surface area contributed by atoms with Crippen molar-refractivity contribution in [1.82, 2.24) is 24.3 Å². The van der Waals surface area contributed by atoms with Crippen molar-refractivity contribution in [3.63, 3.8) is 0 Å². The van der Waals surface area contributed by atoms with Gasteiger partial charge in [-0.2, -0.15) is 4.72 Å². The van der Waals surface area contributed by atoms with Crippen molar-refractivity contribution in [3.8, 4) is 0 Å². The number of hydrogen-bond acceptors (Lipinski definition) is 7. The smallest absolute Gasteiger partial charge is 0.250 e. The van der Waals surface area contributed by atoms with Crippen LogP contribution in [-0.2, 0) is 24.4 Å². The zero-order valence-corrected chi connectivity index (χ0v) is 25.9. The van der Waals surface area contributed by atoms with Gasteiger partial charge < -0.3 is 14.7 Å². The van der Waals surface area contributed by atoms with Crippen molar-refractivity contribution in [3.05, 3.63) is 29.3 Å². The van der Waals surface area contributed by atoms with Gasteiger partial charge in [0.2, 0.25) is 17.7 Å². The van der Waals surface area contributed by atoms with Gasteiger partial charge in [0.05, 0.1) is 6.54 Å². The number of piperazine rings is 1. The molecule has 3 amide bonds. The number of halogens is 1. The van der Waals surface area contributed by atoms with E-state index in [0.717, 1.165) is 53.9 Å². The largest absolute Gasteiger partial charge is 0.340 e. The third kappa shape index (κ3) is 6.88. The lowest BCUT2D eigenvalue weighted by atomic mass is 10.1. The molecule has 5 rings (SSSR count). The van der Waals surface area contributed by atoms with Crippen LogP contribution in [0.1, 0.15) is 39.5 Å². The second-order valence-corrected chi connectivity index (χ2v) is 14.9. The molecule has 1 aromatic heterocycles. The number of carbonyl (C=O) groups excluding carboxylic acids is 3. The van der Waals surface area contributed by atoms with Gasteiger partial charge in [-0.25, -0.2) is 8.42 Å². The number of fused-ring (bicyclic) bond motifs is 1. The van der Waals surface area contributed by atoms with E-state index >= 15 is 0 Å². The predicted octanol–water partition coefficient (Wildman–Crippen LogP) is 2.62. The highest BCUT2D eigenvalue weighted by Crippen LogP contribution is 2.31. The average Bonchev–Trinajstić information content (AvgIpc) is 3.58. The lowest BCUT2D eigenvalue weighted by Gasteiger charge is -2.38. The topological polar surface area (TPSA) is 110 Å². The van der Waals surface area contributed by atoms with E-state index in [-0.39, 0.29) is 40.4 Å². The van der Waals surface area contributed by atoms with Gasteiger partial charge in [0.1, 0.15) is 10.3 Å². The van der Waals surface area contributed by atoms with Crippen LogP contribution in [0.5, 0.6) is 0 Å². The van der Waals surface area contributed by atoms with Gasteiger partial charge in [-0.3, -0.25) is 19.3 Å². The number of rotatable bonds is 8. The summed E-state index contributed by atoms with van der Waals surface area (Å²) in [6.45, 7) is 8.60. The van der Waals surface area contributed by atoms with Crippen LogP contribution in [0.2, 0.25) is 5.02 Å². The third-order valence-electron chi connectivity index (χ3n) is 8.22. The van der Waals surface area contributed by atoms with Crippen molar-refractivity contribution < 1.29 is 22.8 Å². The fourth-order valence-corrected chi connectivity index (χ4v) is 8.80. The lowest BCUT2D eigenvalue weighted by molar-refractivity contribution is -0.143. The summed E-state index contributed by atoms with van der Waals surface area (Å²) in [5.41, 5.74) is 0. The Hall–Kier alpha value is -2.25. The van der Waals surface area contributed by atoms with E-state index in [1.54, 1.807) is 24.3 Å². The molecule has 224 valence electrons. The molecule has 2 atom stereocenters. The van der Waals surface area contributed by atoms with E-state index in [9.17, 15) is 22.8 Å². The fraction of sp³-hybridized carbons (Fsp3) is 0.607. The molecule has 10 nitrogen and oxygen atoms in total. The minimum atomic E-state index is -3.92. The van der Waals surface area contributed by atoms with Gasteiger partial charge in [-0.1, -0.05) is 25.4 Å². The third-order valence-corrected chi connectivity index (χ3v) is 11.5. The number of amides is 3. The molecule has 3 saturated heterocycles. The van der Waals surface area contributed by atoms with E-state index in [4.69, 9.17) is 11.6 Å². The van der Waals surface area contributed by atoms with Crippen LogP contribution in [-0.4, -0.2) is 110 Å². The van der Waals surface area contributed by atoms with Gasteiger partial charge >= 0.3 is 0 Å². The quantitative estimate of drug-likeness (QED) is 0.484. The zero-order chi connectivity index (χ0) is 29.3. The normalized spacial score (nSPS) is 22.7. The minimum absolute atomic E-state index is 0.00709. The number of hydrogen-bond donors (Lipinski definition) is 1. The Morgan fingerprint density at radius 1 is 1.05 bits per heavy atom. The van der Waals surface area contributed by atoms with Gasteiger partial charge in [-0.15, -0.1) is 11.3 Å². The van der Waals surface area contributed by atoms with Crippen LogP contribution in [0.4, 0.5) is 0 Å². The standard InChI is InChI=1S/C28H38ClN5O5S2/c1-19(2)27(36)32-13-11-31(12-14-32)17-22-5-3-10-34(22)25(35)18-33-9-4-6-23(28(33)37)30-41(38,39)26-16-20-15-21(29)7-8-24(20)40-26/h7-8,15-16,19,22-23,30H,3-6,9-14,17-18H2,1-2H3. The zero-order valence-electron chi connectivity index (χ0n) is 23.6. The molecule has 0 aliphatic carbocycles. The number of likely N-dealkylation sites (tertiary alicyclic amines) is 2. The molecule has 2 unspecified atom stereocenters. The first-order chi connectivity index (χ1) is 19.5. The molecular weight excluding hydrogens is 586 g/mol. The number of carbonyl (C=O) groups is 3. The fourth-order valence-electron chi connectivity index (χ4n) is 6.00. The Balaban J connectivity index is 1.16. The van der Waals surface area contributed by atoms with Crippen LogP contribution >= 0.6 is 22.9 Å². The van der Waals surface area contributed by atoms with Crippen molar-refractivity contribution in [1.29, 1.82) is 0 Å². The number of nitrogens with one attached hydrogen (secondary N) is 1. The van der Waals surface area contributed by atoms with Gasteiger partial charge in [0, 0.05) is 67.5 Å². The van der Waals surface area contributed by atoms with Crippen molar-refractivity contribution >= 4 is 60.8 Å². The van der Waals surface area contributed by atoms with Crippen LogP contribution < -0.4 is 4.72 Å². The van der Waals surface area contributed by atoms with Gasteiger partial charge in [0.15, 0.2) is 0 Å². The van der Waals surface area contributed by atoms with Crippen molar-refractivity contribution in [2.45, 2.75) is 55.8 Å². The van der Waals surface area contributed by atoms with Crippen LogP contribution in [0.3, 0.4) is 0 Å². The number of sulfonamides is 1. The van der Waals surface area contributed by atoms with Crippen molar-refractivity contribution in [2.75, 3.05) is 52.4 Å². The Kier molecular flexibility index (Phi) is 9.25. The summed E-state index contributed by atoms with van der Waals surface area (Å²) in [5, 5.41) is 1.26. The first-order valence-corrected chi connectivity index (χ1v) is 17.0. The molecule has 0 radical (unpaired) electrons. The number of benzene rings is 1. The average molecular weight is 624 g/mol. The van der Waals surface area contributed by atoms with Gasteiger partial charge in [-0.05, 0) is 55.3 Å². The number of piperidine rings is 1. The molecule has 0 saturated carbocycles. The first-order valence-electron chi connectivity index (χ1n) is 14.3. The molecule has 1 aromatic carbocycles. The maximum Gasteiger partial charge on any atom is 0.250 e. The molecule has 2 aromatic rings. The Morgan fingerprint density at radius 2 is 1.78 bits per heavy atom. The summed E-state index contributed by atoms with van der Waals surface area (Å²) >= 11 is 7.18. The van der Waals surface area contributed by atoms with E-state index in [0.29, 0.717) is 44.0 Å².